The molecule has 1 unspecified atom stereocenters. The van der Waals surface area contributed by atoms with E-state index in [9.17, 15) is 0 Å². The lowest BCUT2D eigenvalue weighted by atomic mass is 10.0. The van der Waals surface area contributed by atoms with Crippen LogP contribution in [0, 0.1) is 5.92 Å². The molecule has 1 atom stereocenters. The van der Waals surface area contributed by atoms with Crippen LogP contribution in [0.5, 0.6) is 11.5 Å². The van der Waals surface area contributed by atoms with E-state index in [2.05, 4.69) is 27.0 Å². The Balaban J connectivity index is 2.86. The van der Waals surface area contributed by atoms with E-state index in [0.29, 0.717) is 5.92 Å². The number of benzene rings is 1. The van der Waals surface area contributed by atoms with Crippen molar-refractivity contribution < 1.29 is 9.47 Å². The molecule has 21 heavy (non-hydrogen) atoms. The Morgan fingerprint density at radius 3 is 2.24 bits per heavy atom. The third-order valence-electron chi connectivity index (χ3n) is 3.82. The molecule has 0 N–H and O–H groups in total. The van der Waals surface area contributed by atoms with Crippen molar-refractivity contribution in [2.24, 2.45) is 5.92 Å². The van der Waals surface area contributed by atoms with Crippen molar-refractivity contribution in [1.29, 1.82) is 0 Å². The lowest BCUT2D eigenvalue weighted by molar-refractivity contribution is 0.232. The van der Waals surface area contributed by atoms with Crippen molar-refractivity contribution in [2.45, 2.75) is 39.5 Å². The summed E-state index contributed by atoms with van der Waals surface area (Å²) >= 11 is 0. The molecule has 0 spiro atoms. The first-order valence-corrected chi connectivity index (χ1v) is 7.79. The summed E-state index contributed by atoms with van der Waals surface area (Å²) in [4.78, 5) is 0. The predicted octanol–water partition coefficient (Wildman–Crippen LogP) is 5.58. The molecule has 0 bridgehead atoms. The maximum atomic E-state index is 6.05. The van der Waals surface area contributed by atoms with E-state index in [0.717, 1.165) is 35.7 Å². The second kappa shape index (κ2) is 9.28. The second-order valence-electron chi connectivity index (χ2n) is 5.27. The van der Waals surface area contributed by atoms with E-state index < -0.39 is 0 Å². The third kappa shape index (κ3) is 4.96. The van der Waals surface area contributed by atoms with E-state index in [1.54, 1.807) is 19.3 Å². The van der Waals surface area contributed by atoms with Crippen molar-refractivity contribution in [3.63, 3.8) is 0 Å². The second-order valence-corrected chi connectivity index (χ2v) is 5.27. The lowest BCUT2D eigenvalue weighted by Gasteiger charge is -2.18. The molecule has 0 fully saturated rings. The van der Waals surface area contributed by atoms with Crippen LogP contribution in [0.4, 0.5) is 0 Å². The van der Waals surface area contributed by atoms with Crippen molar-refractivity contribution in [3.8, 4) is 11.5 Å². The standard InChI is InChI=1S/C19H28O2/c1-6-10-11-15(7-2)14-21-19-13-16(8-3)18(20-5)12-17(19)9-4/h8-9,12-13,15H,3-4,6-7,10-11,14H2,1-2,5H3. The molecule has 2 heteroatoms. The van der Waals surface area contributed by atoms with E-state index in [1.165, 1.54) is 19.3 Å². The van der Waals surface area contributed by atoms with Crippen molar-refractivity contribution >= 4 is 12.2 Å². The minimum atomic E-state index is 0.608. The zero-order valence-electron chi connectivity index (χ0n) is 13.7. The van der Waals surface area contributed by atoms with Gasteiger partial charge in [-0.05, 0) is 24.5 Å². The topological polar surface area (TPSA) is 18.5 Å². The van der Waals surface area contributed by atoms with Crippen LogP contribution in [0.15, 0.2) is 25.3 Å². The highest BCUT2D eigenvalue weighted by molar-refractivity contribution is 5.66. The van der Waals surface area contributed by atoms with Crippen LogP contribution in [0.1, 0.15) is 50.7 Å². The molecule has 1 aromatic carbocycles. The molecule has 0 amide bonds. The molecule has 2 nitrogen and oxygen atoms in total. The highest BCUT2D eigenvalue weighted by atomic mass is 16.5. The van der Waals surface area contributed by atoms with Crippen LogP contribution >= 0.6 is 0 Å². The molecule has 0 aliphatic heterocycles. The van der Waals surface area contributed by atoms with Gasteiger partial charge < -0.3 is 9.47 Å². The van der Waals surface area contributed by atoms with Crippen LogP contribution in [-0.4, -0.2) is 13.7 Å². The van der Waals surface area contributed by atoms with Crippen LogP contribution in [-0.2, 0) is 0 Å². The Kier molecular flexibility index (Phi) is 7.66. The summed E-state index contributed by atoms with van der Waals surface area (Å²) in [6.07, 6.45) is 8.45. The zero-order chi connectivity index (χ0) is 15.7. The smallest absolute Gasteiger partial charge is 0.127 e. The summed E-state index contributed by atoms with van der Waals surface area (Å²) in [5.74, 6) is 2.26. The molecule has 0 heterocycles. The Bertz CT molecular complexity index is 463. The fraction of sp³-hybridized carbons (Fsp3) is 0.474. The number of hydrogen-bond acceptors (Lipinski definition) is 2. The Morgan fingerprint density at radius 1 is 1.10 bits per heavy atom. The lowest BCUT2D eigenvalue weighted by Crippen LogP contribution is -2.12. The first-order valence-electron chi connectivity index (χ1n) is 7.79. The maximum Gasteiger partial charge on any atom is 0.127 e. The summed E-state index contributed by atoms with van der Waals surface area (Å²) in [7, 11) is 1.66. The Morgan fingerprint density at radius 2 is 1.71 bits per heavy atom. The van der Waals surface area contributed by atoms with Gasteiger partial charge in [0.05, 0.1) is 13.7 Å². The largest absolute Gasteiger partial charge is 0.496 e. The summed E-state index contributed by atoms with van der Waals surface area (Å²) < 4.78 is 11.4. The minimum Gasteiger partial charge on any atom is -0.496 e. The first kappa shape index (κ1) is 17.4. The molecule has 116 valence electrons. The number of hydrogen-bond donors (Lipinski definition) is 0. The Labute approximate surface area is 129 Å². The van der Waals surface area contributed by atoms with Crippen molar-refractivity contribution in [2.75, 3.05) is 13.7 Å². The van der Waals surface area contributed by atoms with E-state index >= 15 is 0 Å². The molecule has 0 aliphatic carbocycles. The summed E-state index contributed by atoms with van der Waals surface area (Å²) in [6.45, 7) is 12.9. The summed E-state index contributed by atoms with van der Waals surface area (Å²) in [5, 5.41) is 0. The van der Waals surface area contributed by atoms with E-state index in [4.69, 9.17) is 9.47 Å². The van der Waals surface area contributed by atoms with Gasteiger partial charge in [0.15, 0.2) is 0 Å². The van der Waals surface area contributed by atoms with Gasteiger partial charge in [-0.3, -0.25) is 0 Å². The number of unbranched alkanes of at least 4 members (excludes halogenated alkanes) is 1. The quantitative estimate of drug-likeness (QED) is 0.560. The highest BCUT2D eigenvalue weighted by Gasteiger charge is 2.11. The van der Waals surface area contributed by atoms with Crippen LogP contribution in [0.2, 0.25) is 0 Å². The molecule has 0 saturated carbocycles. The molecular weight excluding hydrogens is 260 g/mol. The van der Waals surface area contributed by atoms with Gasteiger partial charge in [0, 0.05) is 11.1 Å². The van der Waals surface area contributed by atoms with Gasteiger partial charge in [-0.1, -0.05) is 58.4 Å². The molecule has 1 rings (SSSR count). The third-order valence-corrected chi connectivity index (χ3v) is 3.82. The maximum absolute atomic E-state index is 6.05. The molecule has 0 saturated heterocycles. The fourth-order valence-electron chi connectivity index (χ4n) is 2.32. The summed E-state index contributed by atoms with van der Waals surface area (Å²) in [5.41, 5.74) is 1.91. The average molecular weight is 288 g/mol. The van der Waals surface area contributed by atoms with Crippen molar-refractivity contribution in [1.82, 2.24) is 0 Å². The predicted molar refractivity (Wildman–Crippen MR) is 92.0 cm³/mol. The van der Waals surface area contributed by atoms with Gasteiger partial charge in [-0.25, -0.2) is 0 Å². The molecule has 0 aliphatic rings. The van der Waals surface area contributed by atoms with Crippen LogP contribution < -0.4 is 9.47 Å². The average Bonchev–Trinajstić information content (AvgIpc) is 2.54. The molecule has 1 aromatic rings. The van der Waals surface area contributed by atoms with Gasteiger partial charge >= 0.3 is 0 Å². The van der Waals surface area contributed by atoms with Gasteiger partial charge in [0.25, 0.3) is 0 Å². The normalized spacial score (nSPS) is 11.8. The monoisotopic (exact) mass is 288 g/mol. The Hall–Kier alpha value is -1.70. The molecule has 0 aromatic heterocycles. The molecular formula is C19H28O2. The first-order chi connectivity index (χ1) is 10.2. The van der Waals surface area contributed by atoms with Gasteiger partial charge in [0.2, 0.25) is 0 Å². The van der Waals surface area contributed by atoms with Gasteiger partial charge in [-0.15, -0.1) is 0 Å². The number of methoxy groups -OCH3 is 1. The van der Waals surface area contributed by atoms with Gasteiger partial charge in [-0.2, -0.15) is 0 Å². The SMILES string of the molecule is C=Cc1cc(OCC(CC)CCCC)c(C=C)cc1OC. The number of rotatable bonds is 10. The minimum absolute atomic E-state index is 0.608. The summed E-state index contributed by atoms with van der Waals surface area (Å²) in [6, 6.07) is 3.93. The van der Waals surface area contributed by atoms with E-state index in [1.807, 2.05) is 12.1 Å². The fourth-order valence-corrected chi connectivity index (χ4v) is 2.32. The highest BCUT2D eigenvalue weighted by Crippen LogP contribution is 2.31. The van der Waals surface area contributed by atoms with Crippen molar-refractivity contribution in [3.05, 3.63) is 36.4 Å². The van der Waals surface area contributed by atoms with Gasteiger partial charge in [0.1, 0.15) is 11.5 Å². The van der Waals surface area contributed by atoms with Crippen LogP contribution in [0.3, 0.4) is 0 Å². The van der Waals surface area contributed by atoms with Crippen LogP contribution in [0.25, 0.3) is 12.2 Å². The van der Waals surface area contributed by atoms with E-state index in [-0.39, 0.29) is 0 Å². The zero-order valence-corrected chi connectivity index (χ0v) is 13.7. The molecule has 0 radical (unpaired) electrons. The number of ether oxygens (including phenoxy) is 2.